The number of aryl methyl sites for hydroxylation is 3. The number of fused-ring (bicyclic) bond motifs is 1. The Labute approximate surface area is 317 Å². The van der Waals surface area contributed by atoms with E-state index in [1.165, 1.54) is 92.3 Å². The molecule has 292 valence electrons. The van der Waals surface area contributed by atoms with Gasteiger partial charge in [-0.2, -0.15) is 0 Å². The van der Waals surface area contributed by atoms with Crippen molar-refractivity contribution in [1.82, 2.24) is 4.98 Å². The van der Waals surface area contributed by atoms with Gasteiger partial charge in [-0.25, -0.2) is 0 Å². The van der Waals surface area contributed by atoms with Gasteiger partial charge in [0.25, 0.3) is 0 Å². The second kappa shape index (κ2) is 38.0. The molecule has 0 radical (unpaired) electrons. The Balaban J connectivity index is -0.000000264. The van der Waals surface area contributed by atoms with Crippen molar-refractivity contribution in [3.05, 3.63) is 89.3 Å². The third-order valence-corrected chi connectivity index (χ3v) is 7.37. The molecule has 1 atom stereocenters. The molecule has 4 rings (SSSR count). The zero-order chi connectivity index (χ0) is 40.2. The number of ketones is 1. The van der Waals surface area contributed by atoms with Gasteiger partial charge in [-0.15, -0.1) is 6.58 Å². The van der Waals surface area contributed by atoms with Crippen LogP contribution in [0, 0.1) is 32.6 Å². The number of hydrogen-bond acceptors (Lipinski definition) is 4. The van der Waals surface area contributed by atoms with Crippen LogP contribution in [-0.2, 0) is 20.7 Å². The number of Topliss-reactive ketones (excluding diaryl/α,β-unsaturated/α-hetero) is 1. The molecule has 0 bridgehead atoms. The summed E-state index contributed by atoms with van der Waals surface area (Å²) in [5, 5.41) is 2.47. The molecule has 4 heteroatoms. The van der Waals surface area contributed by atoms with E-state index >= 15 is 0 Å². The van der Waals surface area contributed by atoms with Crippen LogP contribution in [0.3, 0.4) is 0 Å². The van der Waals surface area contributed by atoms with Crippen molar-refractivity contribution in [1.29, 1.82) is 0 Å². The van der Waals surface area contributed by atoms with E-state index in [4.69, 9.17) is 4.74 Å². The number of ether oxygens (including phenoxy) is 1. The van der Waals surface area contributed by atoms with Crippen LogP contribution in [0.1, 0.15) is 164 Å². The molecule has 1 aromatic heterocycles. The van der Waals surface area contributed by atoms with E-state index in [1.54, 1.807) is 0 Å². The third kappa shape index (κ3) is 41.0. The van der Waals surface area contributed by atoms with Gasteiger partial charge in [-0.3, -0.25) is 9.78 Å². The number of carbonyl (C=O) groups is 2. The smallest absolute Gasteiger partial charge is 0.302 e. The quantitative estimate of drug-likeness (QED) is 0.173. The summed E-state index contributed by atoms with van der Waals surface area (Å²) in [7, 11) is 0. The molecular weight excluding hydrogens is 627 g/mol. The van der Waals surface area contributed by atoms with E-state index in [0.29, 0.717) is 12.5 Å². The molecule has 1 unspecified atom stereocenters. The fraction of sp³-hybridized carbons (Fsp3) is 0.596. The molecule has 4 nitrogen and oxygen atoms in total. The van der Waals surface area contributed by atoms with E-state index in [1.807, 2.05) is 46.0 Å². The second-order valence-electron chi connectivity index (χ2n) is 13.4. The minimum Gasteiger partial charge on any atom is -0.466 e. The highest BCUT2D eigenvalue weighted by Crippen LogP contribution is 2.26. The summed E-state index contributed by atoms with van der Waals surface area (Å²) < 4.78 is 4.87. The first kappa shape index (κ1) is 54.5. The lowest BCUT2D eigenvalue weighted by molar-refractivity contribution is -0.142. The molecule has 2 aromatic carbocycles. The molecule has 0 N–H and O–H groups in total. The minimum atomic E-state index is -0.197. The van der Waals surface area contributed by atoms with E-state index in [2.05, 4.69) is 110 Å². The summed E-state index contributed by atoms with van der Waals surface area (Å²) in [6.07, 6.45) is 13.4. The van der Waals surface area contributed by atoms with Crippen LogP contribution in [0.5, 0.6) is 0 Å². The molecule has 0 amide bonds. The molecule has 1 heterocycles. The number of carbonyl (C=O) groups excluding carboxylic acids is 2. The van der Waals surface area contributed by atoms with Crippen molar-refractivity contribution in [3.63, 3.8) is 0 Å². The lowest BCUT2D eigenvalue weighted by atomic mass is 10.0. The van der Waals surface area contributed by atoms with Gasteiger partial charge < -0.3 is 9.53 Å². The minimum absolute atomic E-state index is 0.167. The Kier molecular flexibility index (Phi) is 40.6. The average molecular weight is 708 g/mol. The van der Waals surface area contributed by atoms with E-state index in [0.717, 1.165) is 30.9 Å². The third-order valence-electron chi connectivity index (χ3n) is 7.37. The number of aromatic nitrogens is 1. The molecule has 0 aliphatic heterocycles. The molecular formula is C47H81NO3. The molecule has 3 aromatic rings. The number of unbranched alkanes of at least 4 members (excludes halogenated alkanes) is 2. The fourth-order valence-corrected chi connectivity index (χ4v) is 3.39. The number of benzene rings is 2. The maximum Gasteiger partial charge on any atom is 0.302 e. The number of rotatable bonds is 8. The van der Waals surface area contributed by atoms with Crippen molar-refractivity contribution >= 4 is 22.5 Å². The maximum absolute atomic E-state index is 10.4. The Morgan fingerprint density at radius 2 is 1.29 bits per heavy atom. The number of allylic oxidation sites excluding steroid dienone is 1. The number of nitrogens with zero attached hydrogens (tertiary/aromatic N) is 1. The molecule has 0 spiro atoms. The van der Waals surface area contributed by atoms with E-state index < -0.39 is 0 Å². The van der Waals surface area contributed by atoms with Crippen molar-refractivity contribution in [2.45, 2.75) is 169 Å². The molecule has 1 fully saturated rings. The highest BCUT2D eigenvalue weighted by molar-refractivity contribution is 5.81. The summed E-state index contributed by atoms with van der Waals surface area (Å²) in [4.78, 5) is 24.1. The molecule has 51 heavy (non-hydrogen) atoms. The highest BCUT2D eigenvalue weighted by atomic mass is 16.5. The van der Waals surface area contributed by atoms with Crippen LogP contribution in [0.25, 0.3) is 10.8 Å². The lowest BCUT2D eigenvalue weighted by Gasteiger charge is -2.10. The van der Waals surface area contributed by atoms with Gasteiger partial charge in [0.1, 0.15) is 5.78 Å². The topological polar surface area (TPSA) is 56.3 Å². The standard InChI is InChI=1S/C10H9N.C10H18O2.C10H14.C4H8.2C4H10.C3H6O.C2H6/c1-8-6-9-4-2-3-5-10(9)7-11-8;1-8(2)5-6-9(3)7-12-10(4)11;1-4-10-7-5-6-8(2)9(10)3;1-4-2-3-4;2*1-3-4-2;1-3(2)4;1-2/h2-7H,1H3;9H,1,5-7H2,2-4H3;5-7H,4H2,1-3H3;4H,2-3H2,1H3;2*3-4H2,1-2H3;1-2H3;1-2H3. The summed E-state index contributed by atoms with van der Waals surface area (Å²) >= 11 is 0. The first-order chi connectivity index (χ1) is 24.1. The van der Waals surface area contributed by atoms with Crippen molar-refractivity contribution in [3.8, 4) is 0 Å². The Morgan fingerprint density at radius 3 is 1.67 bits per heavy atom. The van der Waals surface area contributed by atoms with Crippen LogP contribution in [-0.4, -0.2) is 23.3 Å². The van der Waals surface area contributed by atoms with Gasteiger partial charge in [0.2, 0.25) is 0 Å². The second-order valence-corrected chi connectivity index (χ2v) is 13.4. The molecule has 1 aliphatic rings. The highest BCUT2D eigenvalue weighted by Gasteiger charge is 2.12. The average Bonchev–Trinajstić information content (AvgIpc) is 3.91. The summed E-state index contributed by atoms with van der Waals surface area (Å²) in [6, 6.07) is 16.8. The van der Waals surface area contributed by atoms with Crippen molar-refractivity contribution < 1.29 is 14.3 Å². The zero-order valence-corrected chi connectivity index (χ0v) is 36.3. The largest absolute Gasteiger partial charge is 0.466 e. The Hall–Kier alpha value is -3.27. The predicted octanol–water partition coefficient (Wildman–Crippen LogP) is 14.6. The number of esters is 1. The SMILES string of the molecule is C=C(C)CCC(C)COC(C)=O.CC.CC(C)=O.CC1CC1.CCCC.CCCC.CCc1cccc(C)c1C.Cc1cc2ccccc2cn1. The lowest BCUT2D eigenvalue weighted by Crippen LogP contribution is -2.09. The fourth-order valence-electron chi connectivity index (χ4n) is 3.39. The summed E-state index contributed by atoms with van der Waals surface area (Å²) in [5.74, 6) is 1.49. The summed E-state index contributed by atoms with van der Waals surface area (Å²) in [5.41, 5.74) is 6.58. The van der Waals surface area contributed by atoms with E-state index in [9.17, 15) is 9.59 Å². The van der Waals surface area contributed by atoms with Gasteiger partial charge >= 0.3 is 5.97 Å². The van der Waals surface area contributed by atoms with Crippen LogP contribution in [0.4, 0.5) is 0 Å². The van der Waals surface area contributed by atoms with Gasteiger partial charge in [-0.05, 0) is 101 Å². The Bertz CT molecular complexity index is 1230. The molecule has 1 saturated carbocycles. The first-order valence-corrected chi connectivity index (χ1v) is 19.7. The number of pyridine rings is 1. The normalized spacial score (nSPS) is 10.9. The van der Waals surface area contributed by atoms with Crippen molar-refractivity contribution in [2.24, 2.45) is 11.8 Å². The molecule has 1 aliphatic carbocycles. The monoisotopic (exact) mass is 708 g/mol. The van der Waals surface area contributed by atoms with Crippen molar-refractivity contribution in [2.75, 3.05) is 6.61 Å². The van der Waals surface area contributed by atoms with Crippen LogP contribution < -0.4 is 0 Å². The molecule has 0 saturated heterocycles. The van der Waals surface area contributed by atoms with Gasteiger partial charge in [0, 0.05) is 24.2 Å². The van der Waals surface area contributed by atoms with Gasteiger partial charge in [0.05, 0.1) is 6.61 Å². The van der Waals surface area contributed by atoms with Crippen LogP contribution >= 0.6 is 0 Å². The summed E-state index contributed by atoms with van der Waals surface area (Å²) in [6.45, 7) is 36.5. The van der Waals surface area contributed by atoms with E-state index in [-0.39, 0.29) is 11.8 Å². The predicted molar refractivity (Wildman–Crippen MR) is 229 cm³/mol. The van der Waals surface area contributed by atoms with Gasteiger partial charge in [-0.1, -0.05) is 149 Å². The number of hydrogen-bond donors (Lipinski definition) is 0. The van der Waals surface area contributed by atoms with Crippen LogP contribution in [0.15, 0.2) is 66.9 Å². The maximum atomic E-state index is 10.4. The zero-order valence-electron chi connectivity index (χ0n) is 36.3. The van der Waals surface area contributed by atoms with Gasteiger partial charge in [0.15, 0.2) is 0 Å². The van der Waals surface area contributed by atoms with Crippen LogP contribution in [0.2, 0.25) is 0 Å². The first-order valence-electron chi connectivity index (χ1n) is 19.7. The Morgan fingerprint density at radius 1 is 0.824 bits per heavy atom.